The number of hydrogen-bond acceptors (Lipinski definition) is 4. The van der Waals surface area contributed by atoms with Gasteiger partial charge in [-0.1, -0.05) is 6.07 Å². The molecule has 0 saturated carbocycles. The van der Waals surface area contributed by atoms with Crippen LogP contribution < -0.4 is 5.56 Å². The van der Waals surface area contributed by atoms with Gasteiger partial charge in [-0.2, -0.15) is 0 Å². The Bertz CT molecular complexity index is 904. The molecule has 4 nitrogen and oxygen atoms in total. The topological polar surface area (TPSA) is 55.1 Å². The second-order valence-corrected chi connectivity index (χ2v) is 6.20. The predicted molar refractivity (Wildman–Crippen MR) is 79.9 cm³/mol. The highest BCUT2D eigenvalue weighted by atomic mass is 32.1. The largest absolute Gasteiger partial charge is 0.387 e. The number of fused-ring (bicyclic) bond motifs is 1. The summed E-state index contributed by atoms with van der Waals surface area (Å²) in [5.74, 6) is -2.02. The number of benzene rings is 1. The predicted octanol–water partition coefficient (Wildman–Crippen LogP) is 2.78. The Kier molecular flexibility index (Phi) is 3.76. The Labute approximate surface area is 128 Å². The van der Waals surface area contributed by atoms with Crippen molar-refractivity contribution in [1.29, 1.82) is 0 Å². The number of aromatic nitrogens is 2. The minimum Gasteiger partial charge on any atom is -0.387 e. The van der Waals surface area contributed by atoms with Crippen LogP contribution in [0.25, 0.3) is 10.2 Å². The van der Waals surface area contributed by atoms with E-state index in [0.717, 1.165) is 17.0 Å². The van der Waals surface area contributed by atoms with Crippen molar-refractivity contribution in [1.82, 2.24) is 9.55 Å². The van der Waals surface area contributed by atoms with E-state index in [0.29, 0.717) is 10.2 Å². The van der Waals surface area contributed by atoms with Gasteiger partial charge in [0.25, 0.3) is 5.56 Å². The summed E-state index contributed by atoms with van der Waals surface area (Å²) in [6.07, 6.45) is 0.218. The maximum Gasteiger partial charge on any atom is 0.262 e. The molecule has 0 bridgehead atoms. The van der Waals surface area contributed by atoms with Gasteiger partial charge in [-0.05, 0) is 30.7 Å². The molecule has 0 amide bonds. The van der Waals surface area contributed by atoms with E-state index in [4.69, 9.17) is 0 Å². The lowest BCUT2D eigenvalue weighted by Crippen LogP contribution is -2.23. The summed E-state index contributed by atoms with van der Waals surface area (Å²) in [6.45, 7) is 1.80. The van der Waals surface area contributed by atoms with Crippen molar-refractivity contribution in [3.63, 3.8) is 0 Å². The molecule has 1 unspecified atom stereocenters. The van der Waals surface area contributed by atoms with Gasteiger partial charge in [0.05, 0.1) is 24.4 Å². The van der Waals surface area contributed by atoms with Crippen LogP contribution in [-0.4, -0.2) is 14.7 Å². The van der Waals surface area contributed by atoms with Crippen LogP contribution in [0.15, 0.2) is 35.4 Å². The van der Waals surface area contributed by atoms with Crippen molar-refractivity contribution in [2.24, 2.45) is 0 Å². The Balaban J connectivity index is 1.93. The zero-order chi connectivity index (χ0) is 15.9. The van der Waals surface area contributed by atoms with E-state index < -0.39 is 17.7 Å². The van der Waals surface area contributed by atoms with E-state index in [9.17, 15) is 18.7 Å². The zero-order valence-corrected chi connectivity index (χ0v) is 12.4. The van der Waals surface area contributed by atoms with Gasteiger partial charge in [0.15, 0.2) is 11.6 Å². The summed E-state index contributed by atoms with van der Waals surface area (Å²) in [4.78, 5) is 18.1. The minimum atomic E-state index is -1.13. The number of aliphatic hydroxyl groups is 1. The third-order valence-corrected chi connectivity index (χ3v) is 4.30. The zero-order valence-electron chi connectivity index (χ0n) is 11.6. The van der Waals surface area contributed by atoms with E-state index in [2.05, 4.69) is 4.98 Å². The van der Waals surface area contributed by atoms with Crippen LogP contribution >= 0.6 is 11.3 Å². The van der Waals surface area contributed by atoms with Crippen molar-refractivity contribution in [2.45, 2.75) is 19.6 Å². The van der Waals surface area contributed by atoms with Crippen molar-refractivity contribution < 1.29 is 13.9 Å². The molecule has 0 spiro atoms. The maximum atomic E-state index is 13.2. The highest BCUT2D eigenvalue weighted by Gasteiger charge is 2.14. The molecule has 3 aromatic rings. The van der Waals surface area contributed by atoms with E-state index in [1.165, 1.54) is 28.3 Å². The fraction of sp³-hybridized carbons (Fsp3) is 0.200. The highest BCUT2D eigenvalue weighted by Crippen LogP contribution is 2.21. The van der Waals surface area contributed by atoms with E-state index in [1.54, 1.807) is 6.07 Å². The van der Waals surface area contributed by atoms with Crippen molar-refractivity contribution in [3.05, 3.63) is 63.0 Å². The summed E-state index contributed by atoms with van der Waals surface area (Å²) in [6, 6.07) is 4.90. The van der Waals surface area contributed by atoms with Crippen LogP contribution in [0, 0.1) is 18.6 Å². The van der Waals surface area contributed by atoms with E-state index in [-0.39, 0.29) is 17.7 Å². The third kappa shape index (κ3) is 2.65. The fourth-order valence-corrected chi connectivity index (χ4v) is 3.06. The summed E-state index contributed by atoms with van der Waals surface area (Å²) in [5, 5.41) is 10.6. The molecule has 0 aliphatic heterocycles. The van der Waals surface area contributed by atoms with E-state index >= 15 is 0 Å². The lowest BCUT2D eigenvalue weighted by atomic mass is 10.1. The van der Waals surface area contributed by atoms with Crippen molar-refractivity contribution in [2.75, 3.05) is 0 Å². The molecule has 114 valence electrons. The van der Waals surface area contributed by atoms with Crippen LogP contribution in [0.4, 0.5) is 8.78 Å². The molecule has 22 heavy (non-hydrogen) atoms. The van der Waals surface area contributed by atoms with Gasteiger partial charge >= 0.3 is 0 Å². The van der Waals surface area contributed by atoms with Crippen LogP contribution in [-0.2, 0) is 6.54 Å². The molecule has 1 aromatic carbocycles. The molecule has 1 atom stereocenters. The quantitative estimate of drug-likeness (QED) is 0.807. The number of hydrogen-bond donors (Lipinski definition) is 1. The fourth-order valence-electron chi connectivity index (χ4n) is 2.22. The van der Waals surface area contributed by atoms with Crippen molar-refractivity contribution >= 4 is 21.6 Å². The summed E-state index contributed by atoms with van der Waals surface area (Å²) in [5.41, 5.74) is -0.0663. The lowest BCUT2D eigenvalue weighted by Gasteiger charge is -2.13. The van der Waals surface area contributed by atoms with Gasteiger partial charge in [-0.15, -0.1) is 11.3 Å². The minimum absolute atomic E-state index is 0.0816. The van der Waals surface area contributed by atoms with Crippen LogP contribution in [0.1, 0.15) is 16.5 Å². The first-order valence-corrected chi connectivity index (χ1v) is 7.36. The molecule has 7 heteroatoms. The third-order valence-electron chi connectivity index (χ3n) is 3.34. The molecule has 1 N–H and O–H groups in total. The van der Waals surface area contributed by atoms with Crippen LogP contribution in [0.2, 0.25) is 0 Å². The molecule has 2 aromatic heterocycles. The standard InChI is InChI=1S/C15H12F2N2O2S/c1-8-4-10-14(22-8)18-7-19(15(10)21)6-13(20)9-2-3-11(16)12(17)5-9/h2-5,7,13,20H,6H2,1H3. The first-order chi connectivity index (χ1) is 10.5. The maximum absolute atomic E-state index is 13.2. The van der Waals surface area contributed by atoms with Gasteiger partial charge in [0, 0.05) is 4.88 Å². The SMILES string of the molecule is Cc1cc2c(=O)n(CC(O)c3ccc(F)c(F)c3)cnc2s1. The number of aryl methyl sites for hydroxylation is 1. The Morgan fingerprint density at radius 3 is 2.82 bits per heavy atom. The van der Waals surface area contributed by atoms with Crippen molar-refractivity contribution in [3.8, 4) is 0 Å². The van der Waals surface area contributed by atoms with Gasteiger partial charge in [0.2, 0.25) is 0 Å². The number of thiophene rings is 1. The molecule has 0 aliphatic carbocycles. The number of nitrogens with zero attached hydrogens (tertiary/aromatic N) is 2. The smallest absolute Gasteiger partial charge is 0.262 e. The molecular formula is C15H12F2N2O2S. The molecule has 0 aliphatic rings. The second kappa shape index (κ2) is 5.58. The molecule has 3 rings (SSSR count). The van der Waals surface area contributed by atoms with Gasteiger partial charge in [-0.3, -0.25) is 9.36 Å². The first kappa shape index (κ1) is 14.8. The van der Waals surface area contributed by atoms with Gasteiger partial charge < -0.3 is 5.11 Å². The van der Waals surface area contributed by atoms with Crippen LogP contribution in [0.5, 0.6) is 0 Å². The molecule has 0 radical (unpaired) electrons. The Hall–Kier alpha value is -2.12. The number of rotatable bonds is 3. The molecule has 0 fully saturated rings. The normalized spacial score (nSPS) is 12.7. The Morgan fingerprint density at radius 2 is 2.09 bits per heavy atom. The number of aliphatic hydroxyl groups excluding tert-OH is 1. The number of halogens is 2. The summed E-state index contributed by atoms with van der Waals surface area (Å²) < 4.78 is 27.4. The summed E-state index contributed by atoms with van der Waals surface area (Å²) in [7, 11) is 0. The molecule has 0 saturated heterocycles. The second-order valence-electron chi connectivity index (χ2n) is 4.97. The van der Waals surface area contributed by atoms with Crippen LogP contribution in [0.3, 0.4) is 0 Å². The average molecular weight is 322 g/mol. The van der Waals surface area contributed by atoms with E-state index in [1.807, 2.05) is 6.92 Å². The first-order valence-electron chi connectivity index (χ1n) is 6.54. The van der Waals surface area contributed by atoms with Gasteiger partial charge in [-0.25, -0.2) is 13.8 Å². The molecule has 2 heterocycles. The van der Waals surface area contributed by atoms with Gasteiger partial charge in [0.1, 0.15) is 4.83 Å². The summed E-state index contributed by atoms with van der Waals surface area (Å²) >= 11 is 1.42. The highest BCUT2D eigenvalue weighted by molar-refractivity contribution is 7.18. The average Bonchev–Trinajstić information content (AvgIpc) is 2.86. The Morgan fingerprint density at radius 1 is 1.32 bits per heavy atom. The molecular weight excluding hydrogens is 310 g/mol. The monoisotopic (exact) mass is 322 g/mol. The lowest BCUT2D eigenvalue weighted by molar-refractivity contribution is 0.154.